The minimum absolute atomic E-state index is 0.108. The normalized spacial score (nSPS) is 12.9. The fourth-order valence-corrected chi connectivity index (χ4v) is 15.2. The molecule has 0 saturated heterocycles. The molecule has 0 amide bonds. The molecule has 85 heavy (non-hydrogen) atoms. The summed E-state index contributed by atoms with van der Waals surface area (Å²) in [4.78, 5) is 10.9. The van der Waals surface area contributed by atoms with Crippen molar-refractivity contribution in [3.8, 4) is 73.2 Å². The highest BCUT2D eigenvalue weighted by molar-refractivity contribution is 7.25. The molecule has 398 valence electrons. The predicted octanol–water partition coefficient (Wildman–Crippen LogP) is 21.1. The van der Waals surface area contributed by atoms with Crippen LogP contribution >= 0.6 is 11.3 Å². The third kappa shape index (κ3) is 7.22. The molecule has 6 heteroatoms. The van der Waals surface area contributed by atoms with Crippen molar-refractivity contribution in [2.24, 2.45) is 0 Å². The van der Waals surface area contributed by atoms with E-state index in [2.05, 4.69) is 301 Å². The lowest BCUT2D eigenvalue weighted by atomic mass is 9.82. The molecule has 0 aliphatic heterocycles. The zero-order valence-corrected chi connectivity index (χ0v) is 47.4. The van der Waals surface area contributed by atoms with Crippen LogP contribution in [0.4, 0.5) is 0 Å². The first-order valence-electron chi connectivity index (χ1n) is 29.2. The average Bonchev–Trinajstić information content (AvgIpc) is 2.48. The van der Waals surface area contributed by atoms with Crippen LogP contribution < -0.4 is 0 Å². The van der Waals surface area contributed by atoms with Gasteiger partial charge in [0, 0.05) is 80.4 Å². The predicted molar refractivity (Wildman–Crippen MR) is 357 cm³/mol. The second kappa shape index (κ2) is 18.2. The molecule has 0 bridgehead atoms. The van der Waals surface area contributed by atoms with Crippen molar-refractivity contribution in [2.45, 2.75) is 19.3 Å². The van der Waals surface area contributed by atoms with Gasteiger partial charge < -0.3 is 9.13 Å². The minimum atomic E-state index is -0.108. The largest absolute Gasteiger partial charge is 0.309 e. The van der Waals surface area contributed by atoms with Gasteiger partial charge in [0.25, 0.3) is 0 Å². The molecular weight excluding hydrogens is 1050 g/mol. The van der Waals surface area contributed by atoms with Crippen LogP contribution in [0, 0.1) is 0 Å². The van der Waals surface area contributed by atoms with Gasteiger partial charge >= 0.3 is 0 Å². The van der Waals surface area contributed by atoms with Gasteiger partial charge in [-0.15, -0.1) is 11.3 Å². The maximum atomic E-state index is 5.45. The molecule has 0 unspecified atom stereocenters. The summed E-state index contributed by atoms with van der Waals surface area (Å²) in [7, 11) is 0. The van der Waals surface area contributed by atoms with Gasteiger partial charge in [0.15, 0.2) is 0 Å². The SMILES string of the molecule is CC1(C)c2ccccc2-c2cc3c(cc21)c1cc(-c2ccc4sc5ccc(-c6ccc7c(c6)c6cc8c(cc6n7-c6nc(-c7ccccc7)cc(-c7ccccc7)n6)c6ccccc6n8-c6ccccc6)cc5c4c2)ccc1n3-c1ccccc1. The molecule has 0 N–H and O–H groups in total. The number of hydrogen-bond acceptors (Lipinski definition) is 3. The summed E-state index contributed by atoms with van der Waals surface area (Å²) in [5, 5.41) is 9.69. The Bertz CT molecular complexity index is 5550. The van der Waals surface area contributed by atoms with E-state index in [1.54, 1.807) is 0 Å². The fraction of sp³-hybridized carbons (Fsp3) is 0.0380. The Morgan fingerprint density at radius 1 is 0.282 bits per heavy atom. The number of nitrogens with zero attached hydrogens (tertiary/aromatic N) is 5. The molecular formula is C79H51N5S. The van der Waals surface area contributed by atoms with E-state index in [1.807, 2.05) is 11.3 Å². The fourth-order valence-electron chi connectivity index (χ4n) is 14.2. The summed E-state index contributed by atoms with van der Waals surface area (Å²) in [5.74, 6) is 0.626. The molecule has 0 radical (unpaired) electrons. The lowest BCUT2D eigenvalue weighted by Gasteiger charge is -2.21. The van der Waals surface area contributed by atoms with Crippen molar-refractivity contribution in [1.29, 1.82) is 0 Å². The van der Waals surface area contributed by atoms with Crippen LogP contribution in [0.3, 0.4) is 0 Å². The first kappa shape index (κ1) is 47.9. The van der Waals surface area contributed by atoms with Gasteiger partial charge in [0.2, 0.25) is 5.95 Å². The van der Waals surface area contributed by atoms with Crippen LogP contribution in [-0.2, 0) is 5.41 Å². The molecule has 17 aromatic rings. The van der Waals surface area contributed by atoms with Crippen LogP contribution in [0.15, 0.2) is 273 Å². The standard InChI is InChI=1S/C79H51N5S/c1-79(2)66-29-17-15-27-56(66)58-44-73-61(43-67(58)79)59-39-50(31-35-71(59)83(73)55-25-13-6-14-26-55)52-33-37-76-64(41-52)65-42-53(34-38-77(65)85-76)51-32-36-72-60(40-51)63-46-74-62(57-28-16-18-30-70(57)82(74)54-23-11-5-12-24-54)45-75(63)84(72)78-80-68(48-19-7-3-8-20-48)47-69(81-78)49-21-9-4-10-22-49/h3-47H,1-2H3. The second-order valence-electron chi connectivity index (χ2n) is 23.3. The Hall–Kier alpha value is -10.7. The van der Waals surface area contributed by atoms with Gasteiger partial charge in [0.1, 0.15) is 0 Å². The first-order chi connectivity index (χ1) is 41.9. The van der Waals surface area contributed by atoms with Crippen LogP contribution in [0.2, 0.25) is 0 Å². The molecule has 0 spiro atoms. The van der Waals surface area contributed by atoms with Crippen molar-refractivity contribution >= 4 is 96.9 Å². The number of para-hydroxylation sites is 3. The molecule has 12 aromatic carbocycles. The molecule has 0 fully saturated rings. The Morgan fingerprint density at radius 2 is 0.706 bits per heavy atom. The van der Waals surface area contributed by atoms with Crippen LogP contribution in [0.1, 0.15) is 25.0 Å². The Morgan fingerprint density at radius 3 is 1.29 bits per heavy atom. The topological polar surface area (TPSA) is 40.6 Å². The van der Waals surface area contributed by atoms with Gasteiger partial charge in [-0.2, -0.15) is 0 Å². The quantitative estimate of drug-likeness (QED) is 0.160. The third-order valence-corrected chi connectivity index (χ3v) is 19.4. The van der Waals surface area contributed by atoms with Crippen molar-refractivity contribution in [1.82, 2.24) is 23.7 Å². The van der Waals surface area contributed by atoms with Gasteiger partial charge in [-0.25, -0.2) is 9.97 Å². The van der Waals surface area contributed by atoms with Gasteiger partial charge in [0.05, 0.1) is 44.5 Å². The third-order valence-electron chi connectivity index (χ3n) is 18.2. The van der Waals surface area contributed by atoms with Crippen LogP contribution in [0.5, 0.6) is 0 Å². The van der Waals surface area contributed by atoms with Crippen LogP contribution in [0.25, 0.3) is 159 Å². The summed E-state index contributed by atoms with van der Waals surface area (Å²) in [6, 6.07) is 100. The summed E-state index contributed by atoms with van der Waals surface area (Å²) in [6.07, 6.45) is 0. The molecule has 1 aliphatic carbocycles. The lowest BCUT2D eigenvalue weighted by molar-refractivity contribution is 0.661. The molecule has 18 rings (SSSR count). The molecule has 0 saturated carbocycles. The number of aromatic nitrogens is 5. The second-order valence-corrected chi connectivity index (χ2v) is 24.4. The summed E-state index contributed by atoms with van der Waals surface area (Å²) < 4.78 is 9.71. The molecule has 5 heterocycles. The lowest BCUT2D eigenvalue weighted by Crippen LogP contribution is -2.14. The Balaban J connectivity index is 0.816. The molecule has 0 atom stereocenters. The highest BCUT2D eigenvalue weighted by Gasteiger charge is 2.36. The highest BCUT2D eigenvalue weighted by atomic mass is 32.1. The Labute approximate surface area is 494 Å². The average molecular weight is 1100 g/mol. The Kier molecular flexibility index (Phi) is 10.2. The van der Waals surface area contributed by atoms with E-state index in [-0.39, 0.29) is 5.41 Å². The zero-order valence-electron chi connectivity index (χ0n) is 46.6. The number of fused-ring (bicyclic) bond motifs is 15. The van der Waals surface area contributed by atoms with Crippen molar-refractivity contribution in [3.63, 3.8) is 0 Å². The smallest absolute Gasteiger partial charge is 0.235 e. The van der Waals surface area contributed by atoms with E-state index in [1.165, 1.54) is 91.7 Å². The summed E-state index contributed by atoms with van der Waals surface area (Å²) in [6.45, 7) is 4.75. The molecule has 1 aliphatic rings. The van der Waals surface area contributed by atoms with E-state index in [0.717, 1.165) is 72.3 Å². The van der Waals surface area contributed by atoms with E-state index < -0.39 is 0 Å². The maximum Gasteiger partial charge on any atom is 0.235 e. The van der Waals surface area contributed by atoms with E-state index in [9.17, 15) is 0 Å². The van der Waals surface area contributed by atoms with Gasteiger partial charge in [-0.05, 0) is 154 Å². The van der Waals surface area contributed by atoms with E-state index in [4.69, 9.17) is 9.97 Å². The van der Waals surface area contributed by atoms with E-state index in [0.29, 0.717) is 5.95 Å². The van der Waals surface area contributed by atoms with Gasteiger partial charge in [-0.3, -0.25) is 4.57 Å². The van der Waals surface area contributed by atoms with Crippen LogP contribution in [-0.4, -0.2) is 23.7 Å². The number of hydrogen-bond donors (Lipinski definition) is 0. The number of rotatable bonds is 7. The van der Waals surface area contributed by atoms with E-state index >= 15 is 0 Å². The zero-order chi connectivity index (χ0) is 56.1. The monoisotopic (exact) mass is 1100 g/mol. The molecule has 5 aromatic heterocycles. The number of benzene rings is 12. The minimum Gasteiger partial charge on any atom is -0.309 e. The summed E-state index contributed by atoms with van der Waals surface area (Å²) in [5.41, 5.74) is 23.0. The first-order valence-corrected chi connectivity index (χ1v) is 30.0. The van der Waals surface area contributed by atoms with Crippen molar-refractivity contribution < 1.29 is 0 Å². The maximum absolute atomic E-state index is 5.45. The molecule has 5 nitrogen and oxygen atoms in total. The van der Waals surface area contributed by atoms with Gasteiger partial charge in [-0.1, -0.05) is 178 Å². The van der Waals surface area contributed by atoms with Crippen molar-refractivity contribution in [2.75, 3.05) is 0 Å². The number of thiophene rings is 1. The summed E-state index contributed by atoms with van der Waals surface area (Å²) >= 11 is 1.86. The van der Waals surface area contributed by atoms with Crippen molar-refractivity contribution in [3.05, 3.63) is 284 Å². The highest BCUT2D eigenvalue weighted by Crippen LogP contribution is 2.52.